The summed E-state index contributed by atoms with van der Waals surface area (Å²) in [6.45, 7) is 11.0. The van der Waals surface area contributed by atoms with Crippen LogP contribution in [0.1, 0.15) is 51.1 Å². The lowest BCUT2D eigenvalue weighted by Gasteiger charge is -2.26. The third-order valence-corrected chi connectivity index (χ3v) is 4.39. The fourth-order valence-corrected chi connectivity index (χ4v) is 3.29. The number of ether oxygens (including phenoxy) is 1. The number of hydrogen-bond donors (Lipinski definition) is 1. The number of fused-ring (bicyclic) bond motifs is 1. The number of benzene rings is 1. The third kappa shape index (κ3) is 3.72. The zero-order chi connectivity index (χ0) is 17.7. The summed E-state index contributed by atoms with van der Waals surface area (Å²) in [6, 6.07) is 7.29. The monoisotopic (exact) mass is 327 g/mol. The van der Waals surface area contributed by atoms with Gasteiger partial charge in [0.1, 0.15) is 11.5 Å². The molecule has 1 aromatic heterocycles. The molecule has 3 heteroatoms. The van der Waals surface area contributed by atoms with Gasteiger partial charge in [0.15, 0.2) is 0 Å². The highest BCUT2D eigenvalue weighted by molar-refractivity contribution is 5.75. The zero-order valence-corrected chi connectivity index (χ0v) is 15.5. The van der Waals surface area contributed by atoms with Crippen LogP contribution >= 0.6 is 0 Å². The van der Waals surface area contributed by atoms with Crippen LogP contribution in [-0.4, -0.2) is 16.7 Å². The van der Waals surface area contributed by atoms with Crippen molar-refractivity contribution in [2.75, 3.05) is 6.61 Å². The first-order valence-corrected chi connectivity index (χ1v) is 9.04. The zero-order valence-electron chi connectivity index (χ0n) is 15.5. The van der Waals surface area contributed by atoms with Crippen molar-refractivity contribution in [2.24, 2.45) is 5.92 Å². The molecule has 1 unspecified atom stereocenters. The van der Waals surface area contributed by atoms with Crippen LogP contribution < -0.4 is 4.74 Å². The number of nitrogens with zero attached hydrogens (tertiary/aromatic N) is 1. The predicted molar refractivity (Wildman–Crippen MR) is 99.8 cm³/mol. The summed E-state index contributed by atoms with van der Waals surface area (Å²) in [5, 5.41) is 9.52. The lowest BCUT2D eigenvalue weighted by atomic mass is 9.85. The number of phenolic OH excluding ortho intramolecular Hbond substituents is 1. The van der Waals surface area contributed by atoms with E-state index in [9.17, 15) is 5.11 Å². The number of rotatable bonds is 3. The molecular formula is C21H29NO2. The van der Waals surface area contributed by atoms with Crippen molar-refractivity contribution in [3.63, 3.8) is 0 Å². The minimum absolute atomic E-state index is 0.277. The van der Waals surface area contributed by atoms with Gasteiger partial charge in [0.25, 0.3) is 0 Å². The molecule has 0 fully saturated rings. The normalized spacial score (nSPS) is 16.0. The smallest absolute Gasteiger partial charge is 0.133 e. The van der Waals surface area contributed by atoms with Crippen LogP contribution in [0.2, 0.25) is 0 Å². The van der Waals surface area contributed by atoms with E-state index in [0.29, 0.717) is 12.5 Å². The molecule has 0 saturated heterocycles. The standard InChI is InChI=1S/C19H23NO2.C2H6/c1-4-22-19-16-10-5-12(2)11-17(16)20-13(3)18(19)14-6-8-15(21)9-7-14;1-2/h6-9,12,21H,4-5,10-11H2,1-3H3;1-2H3. The molecule has 2 aromatic rings. The van der Waals surface area contributed by atoms with Gasteiger partial charge in [0, 0.05) is 22.5 Å². The van der Waals surface area contributed by atoms with Crippen molar-refractivity contribution in [3.05, 3.63) is 41.2 Å². The molecule has 1 atom stereocenters. The van der Waals surface area contributed by atoms with Gasteiger partial charge in [-0.25, -0.2) is 0 Å². The molecule has 0 bridgehead atoms. The van der Waals surface area contributed by atoms with Crippen LogP contribution in [0.3, 0.4) is 0 Å². The van der Waals surface area contributed by atoms with Crippen molar-refractivity contribution in [1.29, 1.82) is 0 Å². The topological polar surface area (TPSA) is 42.4 Å². The average Bonchev–Trinajstić information content (AvgIpc) is 2.58. The van der Waals surface area contributed by atoms with Gasteiger partial charge < -0.3 is 9.84 Å². The lowest BCUT2D eigenvalue weighted by molar-refractivity contribution is 0.332. The molecule has 130 valence electrons. The van der Waals surface area contributed by atoms with Crippen molar-refractivity contribution in [1.82, 2.24) is 4.98 Å². The van der Waals surface area contributed by atoms with E-state index in [-0.39, 0.29) is 5.75 Å². The molecule has 0 aliphatic heterocycles. The highest BCUT2D eigenvalue weighted by atomic mass is 16.5. The summed E-state index contributed by atoms with van der Waals surface area (Å²) in [5.74, 6) is 1.95. The summed E-state index contributed by atoms with van der Waals surface area (Å²) < 4.78 is 6.03. The highest BCUT2D eigenvalue weighted by Crippen LogP contribution is 2.40. The van der Waals surface area contributed by atoms with Gasteiger partial charge in [-0.2, -0.15) is 0 Å². The first kappa shape index (κ1) is 18.3. The molecule has 0 saturated carbocycles. The minimum Gasteiger partial charge on any atom is -0.508 e. The summed E-state index contributed by atoms with van der Waals surface area (Å²) >= 11 is 0. The summed E-state index contributed by atoms with van der Waals surface area (Å²) in [6.07, 6.45) is 3.25. The molecule has 1 heterocycles. The first-order valence-electron chi connectivity index (χ1n) is 9.04. The summed E-state index contributed by atoms with van der Waals surface area (Å²) in [7, 11) is 0. The number of aromatic nitrogens is 1. The first-order chi connectivity index (χ1) is 11.6. The minimum atomic E-state index is 0.277. The average molecular weight is 327 g/mol. The predicted octanol–water partition coefficient (Wildman–Crippen LogP) is 5.31. The van der Waals surface area contributed by atoms with Crippen LogP contribution in [0.25, 0.3) is 11.1 Å². The van der Waals surface area contributed by atoms with Gasteiger partial charge >= 0.3 is 0 Å². The summed E-state index contributed by atoms with van der Waals surface area (Å²) in [4.78, 5) is 4.86. The Balaban J connectivity index is 0.00000100. The van der Waals surface area contributed by atoms with Gasteiger partial charge in [-0.3, -0.25) is 4.98 Å². The van der Waals surface area contributed by atoms with Gasteiger partial charge in [0.2, 0.25) is 0 Å². The molecule has 3 nitrogen and oxygen atoms in total. The Morgan fingerprint density at radius 2 is 1.88 bits per heavy atom. The number of aryl methyl sites for hydroxylation is 1. The Labute approximate surface area is 145 Å². The fraction of sp³-hybridized carbons (Fsp3) is 0.476. The van der Waals surface area contributed by atoms with Crippen LogP contribution in [0.15, 0.2) is 24.3 Å². The number of pyridine rings is 1. The van der Waals surface area contributed by atoms with Gasteiger partial charge in [0.05, 0.1) is 6.61 Å². The number of aromatic hydroxyl groups is 1. The maximum atomic E-state index is 9.52. The van der Waals surface area contributed by atoms with Crippen molar-refractivity contribution in [2.45, 2.75) is 53.9 Å². The van der Waals surface area contributed by atoms with E-state index in [1.807, 2.05) is 39.8 Å². The Morgan fingerprint density at radius 1 is 1.21 bits per heavy atom. The Morgan fingerprint density at radius 3 is 2.50 bits per heavy atom. The van der Waals surface area contributed by atoms with Crippen LogP contribution in [0.4, 0.5) is 0 Å². The Hall–Kier alpha value is -2.03. The van der Waals surface area contributed by atoms with E-state index in [1.165, 1.54) is 17.7 Å². The van der Waals surface area contributed by atoms with Crippen molar-refractivity contribution in [3.8, 4) is 22.6 Å². The van der Waals surface area contributed by atoms with Gasteiger partial charge in [-0.05, 0) is 56.7 Å². The maximum absolute atomic E-state index is 9.52. The molecule has 0 radical (unpaired) electrons. The number of phenols is 1. The van der Waals surface area contributed by atoms with E-state index < -0.39 is 0 Å². The molecule has 0 spiro atoms. The third-order valence-electron chi connectivity index (χ3n) is 4.39. The Kier molecular flexibility index (Phi) is 6.24. The van der Waals surface area contributed by atoms with Crippen molar-refractivity contribution < 1.29 is 9.84 Å². The largest absolute Gasteiger partial charge is 0.508 e. The maximum Gasteiger partial charge on any atom is 0.133 e. The van der Waals surface area contributed by atoms with E-state index in [4.69, 9.17) is 9.72 Å². The number of hydrogen-bond acceptors (Lipinski definition) is 3. The second-order valence-corrected chi connectivity index (χ2v) is 6.15. The molecule has 1 aliphatic carbocycles. The quantitative estimate of drug-likeness (QED) is 0.830. The molecule has 1 N–H and O–H groups in total. The Bertz CT molecular complexity index is 677. The summed E-state index contributed by atoms with van der Waals surface area (Å²) in [5.41, 5.74) is 5.58. The van der Waals surface area contributed by atoms with E-state index in [0.717, 1.165) is 35.4 Å². The molecular weight excluding hydrogens is 298 g/mol. The highest BCUT2D eigenvalue weighted by Gasteiger charge is 2.24. The lowest BCUT2D eigenvalue weighted by Crippen LogP contribution is -2.16. The van der Waals surface area contributed by atoms with Gasteiger partial charge in [-0.15, -0.1) is 0 Å². The molecule has 0 amide bonds. The molecule has 1 aromatic carbocycles. The van der Waals surface area contributed by atoms with E-state index in [2.05, 4.69) is 6.92 Å². The van der Waals surface area contributed by atoms with Crippen LogP contribution in [0, 0.1) is 12.8 Å². The van der Waals surface area contributed by atoms with Gasteiger partial charge in [-0.1, -0.05) is 32.9 Å². The van der Waals surface area contributed by atoms with Crippen molar-refractivity contribution >= 4 is 0 Å². The SMILES string of the molecule is CC.CCOc1c2c(nc(C)c1-c1ccc(O)cc1)CC(C)CC2. The second-order valence-electron chi connectivity index (χ2n) is 6.15. The molecule has 24 heavy (non-hydrogen) atoms. The second kappa shape index (κ2) is 8.18. The van der Waals surface area contributed by atoms with E-state index in [1.54, 1.807) is 12.1 Å². The van der Waals surface area contributed by atoms with E-state index >= 15 is 0 Å². The van der Waals surface area contributed by atoms with Crippen LogP contribution in [-0.2, 0) is 12.8 Å². The molecule has 1 aliphatic rings. The van der Waals surface area contributed by atoms with Crippen LogP contribution in [0.5, 0.6) is 11.5 Å². The fourth-order valence-electron chi connectivity index (χ4n) is 3.29. The molecule has 3 rings (SSSR count).